The summed E-state index contributed by atoms with van der Waals surface area (Å²) in [5, 5.41) is 11.5. The first-order valence-electron chi connectivity index (χ1n) is 10.1. The van der Waals surface area contributed by atoms with Crippen molar-refractivity contribution >= 4 is 23.2 Å². The molecule has 0 aliphatic carbocycles. The van der Waals surface area contributed by atoms with E-state index in [2.05, 4.69) is 34.8 Å². The third-order valence-corrected chi connectivity index (χ3v) is 5.67. The van der Waals surface area contributed by atoms with E-state index in [0.29, 0.717) is 22.0 Å². The molecule has 2 aromatic carbocycles. The fourth-order valence-corrected chi connectivity index (χ4v) is 4.13. The number of anilines is 1. The van der Waals surface area contributed by atoms with Gasteiger partial charge in [-0.15, -0.1) is 0 Å². The number of hydrogen-bond acceptors (Lipinski definition) is 4. The molecule has 1 aromatic heterocycles. The molecule has 1 fully saturated rings. The molecule has 1 aliphatic heterocycles. The number of rotatable bonds is 5. The van der Waals surface area contributed by atoms with E-state index in [4.69, 9.17) is 16.3 Å². The van der Waals surface area contributed by atoms with Gasteiger partial charge in [-0.05, 0) is 68.8 Å². The van der Waals surface area contributed by atoms with Gasteiger partial charge in [0, 0.05) is 10.9 Å². The zero-order chi connectivity index (χ0) is 21.1. The van der Waals surface area contributed by atoms with Crippen LogP contribution >= 0.6 is 11.6 Å². The van der Waals surface area contributed by atoms with Crippen LogP contribution in [0.4, 0.5) is 5.69 Å². The second-order valence-electron chi connectivity index (χ2n) is 7.52. The lowest BCUT2D eigenvalue weighted by Gasteiger charge is -2.25. The van der Waals surface area contributed by atoms with Crippen LogP contribution in [0.3, 0.4) is 0 Å². The Bertz CT molecular complexity index is 1060. The van der Waals surface area contributed by atoms with Gasteiger partial charge in [-0.1, -0.05) is 23.7 Å². The van der Waals surface area contributed by atoms with Crippen LogP contribution < -0.4 is 15.4 Å². The molecule has 7 heteroatoms. The van der Waals surface area contributed by atoms with Crippen molar-refractivity contribution in [1.82, 2.24) is 15.1 Å². The molecular formula is C23H25ClN4O2. The van der Waals surface area contributed by atoms with Crippen LogP contribution in [-0.4, -0.2) is 35.9 Å². The standard InChI is InChI=1S/C23H25ClN4O2/c1-15-4-3-5-18(12-15)28-22(16-8-10-25-11-9-16)19(14-26-28)23(29)27-20-13-17(24)6-7-21(20)30-2/h3-7,12-14,16,25H,8-11H2,1-2H3,(H,27,29). The van der Waals surface area contributed by atoms with Crippen LogP contribution in [-0.2, 0) is 0 Å². The Morgan fingerprint density at radius 3 is 2.77 bits per heavy atom. The highest BCUT2D eigenvalue weighted by molar-refractivity contribution is 6.31. The predicted octanol–water partition coefficient (Wildman–Crippen LogP) is 4.56. The van der Waals surface area contributed by atoms with Crippen molar-refractivity contribution in [1.29, 1.82) is 0 Å². The van der Waals surface area contributed by atoms with Gasteiger partial charge in [-0.25, -0.2) is 4.68 Å². The van der Waals surface area contributed by atoms with Gasteiger partial charge in [-0.2, -0.15) is 5.10 Å². The Labute approximate surface area is 181 Å². The number of amides is 1. The maximum absolute atomic E-state index is 13.3. The van der Waals surface area contributed by atoms with Gasteiger partial charge in [0.2, 0.25) is 0 Å². The van der Waals surface area contributed by atoms with Gasteiger partial charge in [0.1, 0.15) is 5.75 Å². The largest absolute Gasteiger partial charge is 0.495 e. The van der Waals surface area contributed by atoms with Crippen molar-refractivity contribution in [3.63, 3.8) is 0 Å². The van der Waals surface area contributed by atoms with Crippen molar-refractivity contribution in [3.8, 4) is 11.4 Å². The number of halogens is 1. The van der Waals surface area contributed by atoms with Crippen LogP contribution in [0.15, 0.2) is 48.7 Å². The normalized spacial score (nSPS) is 14.5. The molecule has 156 valence electrons. The van der Waals surface area contributed by atoms with Crippen LogP contribution in [0, 0.1) is 6.92 Å². The molecule has 4 rings (SSSR count). The van der Waals surface area contributed by atoms with Gasteiger partial charge >= 0.3 is 0 Å². The summed E-state index contributed by atoms with van der Waals surface area (Å²) < 4.78 is 7.28. The zero-order valence-electron chi connectivity index (χ0n) is 17.1. The summed E-state index contributed by atoms with van der Waals surface area (Å²) in [5.74, 6) is 0.585. The van der Waals surface area contributed by atoms with Gasteiger partial charge < -0.3 is 15.4 Å². The monoisotopic (exact) mass is 424 g/mol. The average Bonchev–Trinajstić information content (AvgIpc) is 3.20. The number of aromatic nitrogens is 2. The van der Waals surface area contributed by atoms with E-state index in [1.54, 1.807) is 31.5 Å². The number of methoxy groups -OCH3 is 1. The average molecular weight is 425 g/mol. The van der Waals surface area contributed by atoms with Gasteiger partial charge in [-0.3, -0.25) is 4.79 Å². The number of benzene rings is 2. The molecule has 0 bridgehead atoms. The fraction of sp³-hybridized carbons (Fsp3) is 0.304. The lowest BCUT2D eigenvalue weighted by atomic mass is 9.91. The number of ether oxygens (including phenoxy) is 1. The summed E-state index contributed by atoms with van der Waals surface area (Å²) >= 11 is 6.12. The molecule has 6 nitrogen and oxygen atoms in total. The molecule has 0 spiro atoms. The first-order valence-corrected chi connectivity index (χ1v) is 10.4. The van der Waals surface area contributed by atoms with E-state index in [1.807, 2.05) is 16.8 Å². The first kappa shape index (κ1) is 20.4. The maximum Gasteiger partial charge on any atom is 0.259 e. The van der Waals surface area contributed by atoms with Gasteiger partial charge in [0.05, 0.1) is 35.9 Å². The Balaban J connectivity index is 1.74. The molecule has 2 heterocycles. The molecule has 30 heavy (non-hydrogen) atoms. The zero-order valence-corrected chi connectivity index (χ0v) is 17.9. The fourth-order valence-electron chi connectivity index (χ4n) is 3.95. The highest BCUT2D eigenvalue weighted by Crippen LogP contribution is 2.32. The molecular weight excluding hydrogens is 400 g/mol. The second kappa shape index (κ2) is 8.90. The van der Waals surface area contributed by atoms with Gasteiger partial charge in [0.15, 0.2) is 0 Å². The van der Waals surface area contributed by atoms with Crippen molar-refractivity contribution in [2.75, 3.05) is 25.5 Å². The molecule has 1 amide bonds. The Morgan fingerprint density at radius 2 is 2.03 bits per heavy atom. The SMILES string of the molecule is COc1ccc(Cl)cc1NC(=O)c1cnn(-c2cccc(C)c2)c1C1CCNCC1. The second-order valence-corrected chi connectivity index (χ2v) is 7.95. The van der Waals surface area contributed by atoms with Crippen LogP contribution in [0.25, 0.3) is 5.69 Å². The molecule has 0 saturated carbocycles. The smallest absolute Gasteiger partial charge is 0.259 e. The van der Waals surface area contributed by atoms with E-state index in [9.17, 15) is 4.79 Å². The quantitative estimate of drug-likeness (QED) is 0.629. The molecule has 1 saturated heterocycles. The minimum absolute atomic E-state index is 0.219. The van der Waals surface area contributed by atoms with Crippen LogP contribution in [0.1, 0.15) is 40.4 Å². The Morgan fingerprint density at radius 1 is 1.23 bits per heavy atom. The maximum atomic E-state index is 13.3. The third kappa shape index (κ3) is 4.20. The van der Waals surface area contributed by atoms with E-state index >= 15 is 0 Å². The van der Waals surface area contributed by atoms with Crippen LogP contribution in [0.2, 0.25) is 5.02 Å². The predicted molar refractivity (Wildman–Crippen MR) is 119 cm³/mol. The van der Waals surface area contributed by atoms with E-state index in [0.717, 1.165) is 42.9 Å². The number of hydrogen-bond donors (Lipinski definition) is 2. The highest BCUT2D eigenvalue weighted by Gasteiger charge is 2.27. The summed E-state index contributed by atoms with van der Waals surface area (Å²) in [7, 11) is 1.56. The van der Waals surface area contributed by atoms with Gasteiger partial charge in [0.25, 0.3) is 5.91 Å². The first-order chi connectivity index (χ1) is 14.6. The molecule has 1 aliphatic rings. The summed E-state index contributed by atoms with van der Waals surface area (Å²) in [4.78, 5) is 13.3. The van der Waals surface area contributed by atoms with E-state index in [1.165, 1.54) is 0 Å². The molecule has 2 N–H and O–H groups in total. The Kier molecular flexibility index (Phi) is 6.06. The third-order valence-electron chi connectivity index (χ3n) is 5.43. The highest BCUT2D eigenvalue weighted by atomic mass is 35.5. The molecule has 3 aromatic rings. The van der Waals surface area contributed by atoms with Crippen molar-refractivity contribution in [2.45, 2.75) is 25.7 Å². The number of piperidine rings is 1. The molecule has 0 atom stereocenters. The van der Waals surface area contributed by atoms with Crippen molar-refractivity contribution < 1.29 is 9.53 Å². The number of aryl methyl sites for hydroxylation is 1. The van der Waals surface area contributed by atoms with E-state index < -0.39 is 0 Å². The minimum Gasteiger partial charge on any atom is -0.495 e. The van der Waals surface area contributed by atoms with Crippen molar-refractivity contribution in [3.05, 3.63) is 70.5 Å². The minimum atomic E-state index is -0.219. The summed E-state index contributed by atoms with van der Waals surface area (Å²) in [6.45, 7) is 3.90. The lowest BCUT2D eigenvalue weighted by Crippen LogP contribution is -2.29. The topological polar surface area (TPSA) is 68.2 Å². The summed E-state index contributed by atoms with van der Waals surface area (Å²) in [5.41, 5.74) is 4.16. The summed E-state index contributed by atoms with van der Waals surface area (Å²) in [6.07, 6.45) is 3.57. The number of nitrogens with one attached hydrogen (secondary N) is 2. The molecule has 0 radical (unpaired) electrons. The number of nitrogens with zero attached hydrogens (tertiary/aromatic N) is 2. The summed E-state index contributed by atoms with van der Waals surface area (Å²) in [6, 6.07) is 13.3. The Hall–Kier alpha value is -2.83. The lowest BCUT2D eigenvalue weighted by molar-refractivity contribution is 0.102. The van der Waals surface area contributed by atoms with Crippen molar-refractivity contribution in [2.24, 2.45) is 0 Å². The van der Waals surface area contributed by atoms with Crippen LogP contribution in [0.5, 0.6) is 5.75 Å². The number of carbonyl (C=O) groups is 1. The number of carbonyl (C=O) groups excluding carboxylic acids is 1. The molecule has 0 unspecified atom stereocenters. The van der Waals surface area contributed by atoms with E-state index in [-0.39, 0.29) is 11.8 Å².